The third-order valence-corrected chi connectivity index (χ3v) is 4.19. The fourth-order valence-electron chi connectivity index (χ4n) is 2.78. The number of hydrogen-bond donors (Lipinski definition) is 1. The number of oxime groups is 1. The number of nitrogens with one attached hydrogen (secondary N) is 1. The van der Waals surface area contributed by atoms with Crippen LogP contribution in [-0.2, 0) is 16.2 Å². The summed E-state index contributed by atoms with van der Waals surface area (Å²) < 4.78 is 12.3. The third-order valence-electron chi connectivity index (χ3n) is 4.19. The molecule has 0 radical (unpaired) electrons. The molecule has 1 aromatic carbocycles. The molecule has 0 spiro atoms. The summed E-state index contributed by atoms with van der Waals surface area (Å²) >= 11 is 0. The average molecular weight is 358 g/mol. The molecule has 1 atom stereocenters. The summed E-state index contributed by atoms with van der Waals surface area (Å²) in [7, 11) is 3.10. The van der Waals surface area contributed by atoms with E-state index in [1.807, 2.05) is 24.7 Å². The number of carbonyl (C=O) groups is 1. The van der Waals surface area contributed by atoms with Crippen LogP contribution in [0.4, 0.5) is 5.69 Å². The van der Waals surface area contributed by atoms with Crippen LogP contribution in [0.2, 0.25) is 0 Å². The lowest BCUT2D eigenvalue weighted by Crippen LogP contribution is -2.28. The number of carbonyl (C=O) groups excluding carboxylic acids is 1. The van der Waals surface area contributed by atoms with Crippen molar-refractivity contribution in [2.24, 2.45) is 5.16 Å². The second kappa shape index (κ2) is 7.47. The number of amides is 1. The Kier molecular flexibility index (Phi) is 5.11. The van der Waals surface area contributed by atoms with Gasteiger partial charge in [0.1, 0.15) is 0 Å². The highest BCUT2D eigenvalue weighted by Gasteiger charge is 2.30. The molecule has 0 saturated heterocycles. The van der Waals surface area contributed by atoms with Crippen LogP contribution >= 0.6 is 0 Å². The number of ether oxygens (including phenoxy) is 2. The minimum atomic E-state index is -0.678. The lowest BCUT2D eigenvalue weighted by Gasteiger charge is -2.12. The Hall–Kier alpha value is -3.03. The van der Waals surface area contributed by atoms with Crippen molar-refractivity contribution in [1.29, 1.82) is 0 Å². The van der Waals surface area contributed by atoms with Gasteiger partial charge in [-0.15, -0.1) is 0 Å². The van der Waals surface area contributed by atoms with Gasteiger partial charge in [-0.2, -0.15) is 5.10 Å². The normalized spacial score (nSPS) is 16.0. The molecule has 26 heavy (non-hydrogen) atoms. The molecular weight excluding hydrogens is 336 g/mol. The van der Waals surface area contributed by atoms with Crippen molar-refractivity contribution in [2.45, 2.75) is 32.9 Å². The number of aromatic nitrogens is 2. The molecule has 1 amide bonds. The van der Waals surface area contributed by atoms with Crippen molar-refractivity contribution >= 4 is 17.3 Å². The van der Waals surface area contributed by atoms with Crippen LogP contribution in [0.1, 0.15) is 24.6 Å². The molecule has 0 unspecified atom stereocenters. The van der Waals surface area contributed by atoms with Crippen molar-refractivity contribution in [3.8, 4) is 11.5 Å². The van der Waals surface area contributed by atoms with E-state index in [0.29, 0.717) is 23.6 Å². The van der Waals surface area contributed by atoms with Gasteiger partial charge in [0.25, 0.3) is 5.91 Å². The molecular formula is C18H22N4O4. The molecule has 1 aliphatic heterocycles. The Morgan fingerprint density at radius 2 is 2.12 bits per heavy atom. The minimum absolute atomic E-state index is 0.267. The molecule has 0 fully saturated rings. The second-order valence-electron chi connectivity index (χ2n) is 5.88. The van der Waals surface area contributed by atoms with Gasteiger partial charge >= 0.3 is 0 Å². The highest BCUT2D eigenvalue weighted by molar-refractivity contribution is 6.06. The maximum atomic E-state index is 12.5. The Balaban J connectivity index is 1.66. The largest absolute Gasteiger partial charge is 0.493 e. The molecule has 0 saturated carbocycles. The Labute approximate surface area is 151 Å². The highest BCUT2D eigenvalue weighted by atomic mass is 16.6. The van der Waals surface area contributed by atoms with Gasteiger partial charge in [0, 0.05) is 36.5 Å². The van der Waals surface area contributed by atoms with Crippen LogP contribution in [0.25, 0.3) is 0 Å². The van der Waals surface area contributed by atoms with E-state index in [1.165, 1.54) is 0 Å². The van der Waals surface area contributed by atoms with Crippen molar-refractivity contribution in [3.05, 3.63) is 35.7 Å². The predicted molar refractivity (Wildman–Crippen MR) is 96.8 cm³/mol. The van der Waals surface area contributed by atoms with Crippen molar-refractivity contribution in [3.63, 3.8) is 0 Å². The molecule has 8 heteroatoms. The molecule has 0 bridgehead atoms. The minimum Gasteiger partial charge on any atom is -0.493 e. The van der Waals surface area contributed by atoms with E-state index in [2.05, 4.69) is 15.6 Å². The number of hydrogen-bond acceptors (Lipinski definition) is 6. The number of anilines is 1. The standard InChI is InChI=1S/C18H22N4O4/c1-5-22-10-13(11(2)20-22)14-9-17(26-21-14)18(23)19-12-6-7-15(24-3)16(8-12)25-4/h6-8,10,17H,5,9H2,1-4H3,(H,19,23)/t17-/m1/s1. The smallest absolute Gasteiger partial charge is 0.268 e. The van der Waals surface area contributed by atoms with E-state index in [0.717, 1.165) is 23.5 Å². The molecule has 3 rings (SSSR count). The zero-order valence-electron chi connectivity index (χ0n) is 15.3. The molecule has 1 N–H and O–H groups in total. The summed E-state index contributed by atoms with van der Waals surface area (Å²) in [6.07, 6.45) is 1.64. The lowest BCUT2D eigenvalue weighted by molar-refractivity contribution is -0.125. The summed E-state index contributed by atoms with van der Waals surface area (Å²) in [5.74, 6) is 0.866. The van der Waals surface area contributed by atoms with E-state index >= 15 is 0 Å². The van der Waals surface area contributed by atoms with Gasteiger partial charge in [-0.1, -0.05) is 5.16 Å². The van der Waals surface area contributed by atoms with Gasteiger partial charge in [-0.05, 0) is 26.0 Å². The Bertz CT molecular complexity index is 844. The van der Waals surface area contributed by atoms with E-state index in [-0.39, 0.29) is 5.91 Å². The molecule has 138 valence electrons. The first-order valence-corrected chi connectivity index (χ1v) is 8.35. The first kappa shape index (κ1) is 17.8. The SMILES string of the molecule is CCn1cc(C2=NO[C@@H](C(=O)Nc3ccc(OC)c(OC)c3)C2)c(C)n1. The average Bonchev–Trinajstić information content (AvgIpc) is 3.27. The fraction of sp³-hybridized carbons (Fsp3) is 0.389. The maximum absolute atomic E-state index is 12.5. The first-order valence-electron chi connectivity index (χ1n) is 8.35. The van der Waals surface area contributed by atoms with Crippen LogP contribution in [0, 0.1) is 6.92 Å². The van der Waals surface area contributed by atoms with E-state index in [4.69, 9.17) is 14.3 Å². The van der Waals surface area contributed by atoms with Crippen molar-refractivity contribution < 1.29 is 19.1 Å². The predicted octanol–water partition coefficient (Wildman–Crippen LogP) is 2.36. The molecule has 2 aromatic rings. The lowest BCUT2D eigenvalue weighted by atomic mass is 10.1. The Morgan fingerprint density at radius 3 is 2.77 bits per heavy atom. The highest BCUT2D eigenvalue weighted by Crippen LogP contribution is 2.30. The van der Waals surface area contributed by atoms with Crippen LogP contribution in [-0.4, -0.2) is 41.7 Å². The Morgan fingerprint density at radius 1 is 1.35 bits per heavy atom. The molecule has 8 nitrogen and oxygen atoms in total. The van der Waals surface area contributed by atoms with Crippen LogP contribution in [0.15, 0.2) is 29.6 Å². The van der Waals surface area contributed by atoms with Gasteiger partial charge in [0.05, 0.1) is 25.6 Å². The summed E-state index contributed by atoms with van der Waals surface area (Å²) in [4.78, 5) is 17.8. The summed E-state index contributed by atoms with van der Waals surface area (Å²) in [5.41, 5.74) is 3.11. The third kappa shape index (κ3) is 3.49. The zero-order valence-corrected chi connectivity index (χ0v) is 15.3. The molecule has 2 heterocycles. The molecule has 1 aromatic heterocycles. The summed E-state index contributed by atoms with van der Waals surface area (Å²) in [5, 5.41) is 11.3. The van der Waals surface area contributed by atoms with E-state index in [1.54, 1.807) is 32.4 Å². The number of benzene rings is 1. The van der Waals surface area contributed by atoms with Crippen molar-refractivity contribution in [2.75, 3.05) is 19.5 Å². The number of rotatable bonds is 6. The van der Waals surface area contributed by atoms with Gasteiger partial charge in [-0.3, -0.25) is 9.48 Å². The van der Waals surface area contributed by atoms with Crippen LogP contribution in [0.3, 0.4) is 0 Å². The monoisotopic (exact) mass is 358 g/mol. The van der Waals surface area contributed by atoms with E-state index < -0.39 is 6.10 Å². The summed E-state index contributed by atoms with van der Waals surface area (Å²) in [6, 6.07) is 5.17. The second-order valence-corrected chi connectivity index (χ2v) is 5.88. The van der Waals surface area contributed by atoms with Crippen LogP contribution < -0.4 is 14.8 Å². The number of aryl methyl sites for hydroxylation is 2. The van der Waals surface area contributed by atoms with Gasteiger partial charge in [-0.25, -0.2) is 0 Å². The van der Waals surface area contributed by atoms with Gasteiger partial charge < -0.3 is 19.6 Å². The van der Waals surface area contributed by atoms with Crippen molar-refractivity contribution in [1.82, 2.24) is 9.78 Å². The van der Waals surface area contributed by atoms with Gasteiger partial charge in [0.2, 0.25) is 6.10 Å². The van der Waals surface area contributed by atoms with E-state index in [9.17, 15) is 4.79 Å². The molecule has 1 aliphatic rings. The van der Waals surface area contributed by atoms with Gasteiger partial charge in [0.15, 0.2) is 11.5 Å². The van der Waals surface area contributed by atoms with Crippen LogP contribution in [0.5, 0.6) is 11.5 Å². The zero-order chi connectivity index (χ0) is 18.7. The quantitative estimate of drug-likeness (QED) is 0.857. The fourth-order valence-corrected chi connectivity index (χ4v) is 2.78. The topological polar surface area (TPSA) is 87.0 Å². The molecule has 0 aliphatic carbocycles. The first-order chi connectivity index (χ1) is 12.5. The maximum Gasteiger partial charge on any atom is 0.268 e. The summed E-state index contributed by atoms with van der Waals surface area (Å²) in [6.45, 7) is 4.71. The number of methoxy groups -OCH3 is 2. The number of nitrogens with zero attached hydrogens (tertiary/aromatic N) is 3.